The molecule has 4 heteroatoms. The zero-order valence-corrected chi connectivity index (χ0v) is 12.3. The van der Waals surface area contributed by atoms with E-state index in [1.807, 2.05) is 0 Å². The van der Waals surface area contributed by atoms with E-state index in [1.54, 1.807) is 18.2 Å². The number of hydrogen-bond acceptors (Lipinski definition) is 3. The molecule has 0 amide bonds. The van der Waals surface area contributed by atoms with E-state index < -0.39 is 0 Å². The van der Waals surface area contributed by atoms with Gasteiger partial charge in [0.15, 0.2) is 11.6 Å². The Labute approximate surface area is 120 Å². The second-order valence-corrected chi connectivity index (χ2v) is 5.75. The molecule has 1 aliphatic heterocycles. The van der Waals surface area contributed by atoms with Gasteiger partial charge >= 0.3 is 0 Å². The summed E-state index contributed by atoms with van der Waals surface area (Å²) in [5.74, 6) is 0.634. The van der Waals surface area contributed by atoms with Crippen molar-refractivity contribution >= 4 is 0 Å². The third-order valence-corrected chi connectivity index (χ3v) is 3.38. The summed E-state index contributed by atoms with van der Waals surface area (Å²) < 4.78 is 24.8. The first-order valence-corrected chi connectivity index (χ1v) is 7.38. The molecule has 1 N–H and O–H groups in total. The van der Waals surface area contributed by atoms with E-state index in [-0.39, 0.29) is 18.0 Å². The van der Waals surface area contributed by atoms with Gasteiger partial charge in [0, 0.05) is 6.54 Å². The lowest BCUT2D eigenvalue weighted by Crippen LogP contribution is -2.30. The summed E-state index contributed by atoms with van der Waals surface area (Å²) in [5, 5.41) is 3.40. The Morgan fingerprint density at radius 1 is 1.30 bits per heavy atom. The molecule has 2 rings (SSSR count). The molecular weight excluding hydrogens is 257 g/mol. The maximum atomic E-state index is 13.4. The molecule has 0 bridgehead atoms. The number of hydrogen-bond donors (Lipinski definition) is 1. The number of para-hydroxylation sites is 1. The van der Waals surface area contributed by atoms with Crippen LogP contribution in [0.1, 0.15) is 26.7 Å². The first-order chi connectivity index (χ1) is 9.65. The van der Waals surface area contributed by atoms with E-state index in [4.69, 9.17) is 9.47 Å². The summed E-state index contributed by atoms with van der Waals surface area (Å²) in [6.45, 7) is 6.69. The highest BCUT2D eigenvalue weighted by molar-refractivity contribution is 5.23. The van der Waals surface area contributed by atoms with Crippen molar-refractivity contribution in [2.24, 2.45) is 5.92 Å². The SMILES string of the molecule is CC(C)CNCC1CCC(COc2ccccc2F)O1. The zero-order chi connectivity index (χ0) is 14.4. The lowest BCUT2D eigenvalue weighted by Gasteiger charge is -2.16. The van der Waals surface area contributed by atoms with E-state index in [9.17, 15) is 4.39 Å². The Bertz CT molecular complexity index is 411. The van der Waals surface area contributed by atoms with Crippen molar-refractivity contribution in [3.63, 3.8) is 0 Å². The third-order valence-electron chi connectivity index (χ3n) is 3.38. The predicted octanol–water partition coefficient (Wildman–Crippen LogP) is 3.00. The summed E-state index contributed by atoms with van der Waals surface area (Å²) in [6.07, 6.45) is 2.34. The Balaban J connectivity index is 1.67. The molecule has 2 atom stereocenters. The Morgan fingerprint density at radius 2 is 2.05 bits per heavy atom. The van der Waals surface area contributed by atoms with Gasteiger partial charge in [-0.15, -0.1) is 0 Å². The van der Waals surface area contributed by atoms with Crippen LogP contribution < -0.4 is 10.1 Å². The molecule has 0 radical (unpaired) electrons. The predicted molar refractivity (Wildman–Crippen MR) is 77.5 cm³/mol. The van der Waals surface area contributed by atoms with Gasteiger partial charge in [0.2, 0.25) is 0 Å². The monoisotopic (exact) mass is 281 g/mol. The average molecular weight is 281 g/mol. The zero-order valence-electron chi connectivity index (χ0n) is 12.3. The van der Waals surface area contributed by atoms with E-state index in [2.05, 4.69) is 19.2 Å². The first kappa shape index (κ1) is 15.3. The summed E-state index contributed by atoms with van der Waals surface area (Å²) in [6, 6.07) is 6.48. The number of benzene rings is 1. The van der Waals surface area contributed by atoms with Gasteiger partial charge in [-0.25, -0.2) is 4.39 Å². The molecule has 112 valence electrons. The van der Waals surface area contributed by atoms with Crippen LogP contribution >= 0.6 is 0 Å². The maximum Gasteiger partial charge on any atom is 0.165 e. The van der Waals surface area contributed by atoms with Crippen LogP contribution in [0.5, 0.6) is 5.75 Å². The average Bonchev–Trinajstić information content (AvgIpc) is 2.85. The minimum Gasteiger partial charge on any atom is -0.488 e. The molecule has 1 heterocycles. The maximum absolute atomic E-state index is 13.4. The van der Waals surface area contributed by atoms with Gasteiger partial charge in [-0.05, 0) is 37.4 Å². The largest absolute Gasteiger partial charge is 0.488 e. The normalized spacial score (nSPS) is 22.4. The van der Waals surface area contributed by atoms with Crippen molar-refractivity contribution in [1.82, 2.24) is 5.32 Å². The summed E-state index contributed by atoms with van der Waals surface area (Å²) in [5.41, 5.74) is 0. The molecule has 2 unspecified atom stereocenters. The third kappa shape index (κ3) is 4.76. The molecule has 0 saturated carbocycles. The molecule has 0 aliphatic carbocycles. The van der Waals surface area contributed by atoms with E-state index >= 15 is 0 Å². The van der Waals surface area contributed by atoms with Crippen LogP contribution in [0.15, 0.2) is 24.3 Å². The fourth-order valence-electron chi connectivity index (χ4n) is 2.33. The van der Waals surface area contributed by atoms with Gasteiger partial charge in [0.05, 0.1) is 12.2 Å². The van der Waals surface area contributed by atoms with Crippen LogP contribution in [0, 0.1) is 11.7 Å². The number of halogens is 1. The second kappa shape index (κ2) is 7.60. The molecule has 20 heavy (non-hydrogen) atoms. The van der Waals surface area contributed by atoms with Gasteiger partial charge in [-0.3, -0.25) is 0 Å². The van der Waals surface area contributed by atoms with Crippen molar-refractivity contribution in [3.05, 3.63) is 30.1 Å². The molecular formula is C16H24FNO2. The van der Waals surface area contributed by atoms with Gasteiger partial charge in [-0.2, -0.15) is 0 Å². The van der Waals surface area contributed by atoms with Crippen molar-refractivity contribution < 1.29 is 13.9 Å². The van der Waals surface area contributed by atoms with Crippen LogP contribution in [0.4, 0.5) is 4.39 Å². The number of nitrogens with one attached hydrogen (secondary N) is 1. The molecule has 1 aromatic rings. The quantitative estimate of drug-likeness (QED) is 0.833. The van der Waals surface area contributed by atoms with E-state index in [0.717, 1.165) is 25.9 Å². The highest BCUT2D eigenvalue weighted by atomic mass is 19.1. The standard InChI is InChI=1S/C16H24FNO2/c1-12(2)9-18-10-13-7-8-14(20-13)11-19-16-6-4-3-5-15(16)17/h3-6,12-14,18H,7-11H2,1-2H3. The van der Waals surface area contributed by atoms with E-state index in [1.165, 1.54) is 6.07 Å². The molecule has 3 nitrogen and oxygen atoms in total. The van der Waals surface area contributed by atoms with Gasteiger partial charge in [0.25, 0.3) is 0 Å². The van der Waals surface area contributed by atoms with Crippen LogP contribution in [-0.4, -0.2) is 31.9 Å². The summed E-state index contributed by atoms with van der Waals surface area (Å²) >= 11 is 0. The Morgan fingerprint density at radius 3 is 2.80 bits per heavy atom. The fraction of sp³-hybridized carbons (Fsp3) is 0.625. The summed E-state index contributed by atoms with van der Waals surface area (Å²) in [4.78, 5) is 0. The Kier molecular flexibility index (Phi) is 5.80. The molecule has 0 spiro atoms. The van der Waals surface area contributed by atoms with E-state index in [0.29, 0.717) is 18.3 Å². The highest BCUT2D eigenvalue weighted by Crippen LogP contribution is 2.22. The molecule has 1 fully saturated rings. The van der Waals surface area contributed by atoms with Crippen LogP contribution in [0.3, 0.4) is 0 Å². The van der Waals surface area contributed by atoms with Crippen molar-refractivity contribution in [3.8, 4) is 5.75 Å². The molecule has 0 aromatic heterocycles. The molecule has 1 aliphatic rings. The smallest absolute Gasteiger partial charge is 0.165 e. The highest BCUT2D eigenvalue weighted by Gasteiger charge is 2.25. The van der Waals surface area contributed by atoms with Crippen LogP contribution in [0.2, 0.25) is 0 Å². The lowest BCUT2D eigenvalue weighted by atomic mass is 10.2. The number of rotatable bonds is 7. The fourth-order valence-corrected chi connectivity index (χ4v) is 2.33. The molecule has 1 aromatic carbocycles. The van der Waals surface area contributed by atoms with Crippen LogP contribution in [-0.2, 0) is 4.74 Å². The first-order valence-electron chi connectivity index (χ1n) is 7.38. The minimum atomic E-state index is -0.319. The van der Waals surface area contributed by atoms with Gasteiger partial charge < -0.3 is 14.8 Å². The van der Waals surface area contributed by atoms with Crippen molar-refractivity contribution in [1.29, 1.82) is 0 Å². The van der Waals surface area contributed by atoms with Crippen molar-refractivity contribution in [2.45, 2.75) is 38.9 Å². The van der Waals surface area contributed by atoms with Gasteiger partial charge in [-0.1, -0.05) is 26.0 Å². The topological polar surface area (TPSA) is 30.5 Å². The second-order valence-electron chi connectivity index (χ2n) is 5.75. The van der Waals surface area contributed by atoms with Crippen molar-refractivity contribution in [2.75, 3.05) is 19.7 Å². The lowest BCUT2D eigenvalue weighted by molar-refractivity contribution is 0.0176. The van der Waals surface area contributed by atoms with Gasteiger partial charge in [0.1, 0.15) is 6.61 Å². The minimum absolute atomic E-state index is 0.0699. The molecule has 1 saturated heterocycles. The number of ether oxygens (including phenoxy) is 2. The van der Waals surface area contributed by atoms with Crippen LogP contribution in [0.25, 0.3) is 0 Å². The Hall–Kier alpha value is -1.13. The summed E-state index contributed by atoms with van der Waals surface area (Å²) in [7, 11) is 0.